The van der Waals surface area contributed by atoms with Crippen LogP contribution < -0.4 is 5.32 Å². The van der Waals surface area contributed by atoms with Crippen LogP contribution in [-0.4, -0.2) is 29.9 Å². The van der Waals surface area contributed by atoms with Gasteiger partial charge in [-0.05, 0) is 38.8 Å². The van der Waals surface area contributed by atoms with Crippen molar-refractivity contribution in [3.63, 3.8) is 0 Å². The number of carbonyl (C=O) groups excluding carboxylic acids is 1. The van der Waals surface area contributed by atoms with Crippen molar-refractivity contribution in [3.8, 4) is 0 Å². The summed E-state index contributed by atoms with van der Waals surface area (Å²) in [6.45, 7) is 5.22. The molecule has 1 saturated carbocycles. The fourth-order valence-corrected chi connectivity index (χ4v) is 2.00. The molecule has 0 saturated heterocycles. The molecule has 0 bridgehead atoms. The Morgan fingerprint density at radius 1 is 1.65 bits per heavy atom. The van der Waals surface area contributed by atoms with Gasteiger partial charge in [-0.1, -0.05) is 0 Å². The van der Waals surface area contributed by atoms with Gasteiger partial charge in [-0.3, -0.25) is 10.1 Å². The Morgan fingerprint density at radius 3 is 2.94 bits per heavy atom. The van der Waals surface area contributed by atoms with E-state index in [-0.39, 0.29) is 11.9 Å². The number of carbonyl (C=O) groups is 1. The van der Waals surface area contributed by atoms with Gasteiger partial charge in [-0.25, -0.2) is 0 Å². The highest BCUT2D eigenvalue weighted by molar-refractivity contribution is 5.78. The third-order valence-corrected chi connectivity index (χ3v) is 3.18. The molecule has 0 aromatic carbocycles. The van der Waals surface area contributed by atoms with Crippen molar-refractivity contribution in [3.05, 3.63) is 24.2 Å². The zero-order valence-corrected chi connectivity index (χ0v) is 10.5. The number of hydrogen-bond acceptors (Lipinski definition) is 3. The van der Waals surface area contributed by atoms with Gasteiger partial charge in [-0.15, -0.1) is 0 Å². The Balaban J connectivity index is 1.79. The highest BCUT2D eigenvalue weighted by Crippen LogP contribution is 2.26. The molecule has 1 atom stereocenters. The van der Waals surface area contributed by atoms with Crippen LogP contribution in [0, 0.1) is 0 Å². The average molecular weight is 236 g/mol. The number of nitrogens with zero attached hydrogens (tertiary/aromatic N) is 1. The highest BCUT2D eigenvalue weighted by atomic mass is 16.3. The molecule has 17 heavy (non-hydrogen) atoms. The quantitative estimate of drug-likeness (QED) is 0.821. The Labute approximate surface area is 102 Å². The van der Waals surface area contributed by atoms with Crippen LogP contribution in [-0.2, 0) is 4.79 Å². The first kappa shape index (κ1) is 12.2. The summed E-state index contributed by atoms with van der Waals surface area (Å²) in [6.07, 6.45) is 3.97. The Hall–Kier alpha value is -1.29. The fraction of sp³-hybridized carbons (Fsp3) is 0.615. The van der Waals surface area contributed by atoms with E-state index >= 15 is 0 Å². The van der Waals surface area contributed by atoms with E-state index in [9.17, 15) is 4.79 Å². The van der Waals surface area contributed by atoms with Crippen LogP contribution in [0.2, 0.25) is 0 Å². The van der Waals surface area contributed by atoms with Crippen LogP contribution in [0.5, 0.6) is 0 Å². The lowest BCUT2D eigenvalue weighted by Gasteiger charge is -2.21. The van der Waals surface area contributed by atoms with E-state index in [2.05, 4.69) is 5.32 Å². The van der Waals surface area contributed by atoms with Crippen LogP contribution in [0.15, 0.2) is 22.8 Å². The maximum absolute atomic E-state index is 12.0. The smallest absolute Gasteiger partial charge is 0.236 e. The van der Waals surface area contributed by atoms with Crippen LogP contribution >= 0.6 is 0 Å². The zero-order valence-electron chi connectivity index (χ0n) is 10.5. The van der Waals surface area contributed by atoms with Gasteiger partial charge >= 0.3 is 0 Å². The minimum atomic E-state index is 0.0758. The van der Waals surface area contributed by atoms with E-state index in [1.165, 1.54) is 0 Å². The van der Waals surface area contributed by atoms with Crippen molar-refractivity contribution < 1.29 is 9.21 Å². The molecule has 2 rings (SSSR count). The zero-order chi connectivity index (χ0) is 12.3. The normalized spacial score (nSPS) is 16.8. The van der Waals surface area contributed by atoms with Gasteiger partial charge in [0, 0.05) is 12.6 Å². The van der Waals surface area contributed by atoms with Crippen molar-refractivity contribution >= 4 is 5.91 Å². The first-order chi connectivity index (χ1) is 8.22. The third-order valence-electron chi connectivity index (χ3n) is 3.18. The van der Waals surface area contributed by atoms with Crippen LogP contribution in [0.25, 0.3) is 0 Å². The molecule has 4 heteroatoms. The molecule has 1 heterocycles. The summed E-state index contributed by atoms with van der Waals surface area (Å²) in [5.74, 6) is 1.06. The second-order valence-electron chi connectivity index (χ2n) is 4.53. The fourth-order valence-electron chi connectivity index (χ4n) is 2.00. The summed E-state index contributed by atoms with van der Waals surface area (Å²) in [5, 5.41) is 3.20. The Morgan fingerprint density at radius 2 is 2.41 bits per heavy atom. The lowest BCUT2D eigenvalue weighted by molar-refractivity contribution is -0.130. The molecule has 1 N–H and O–H groups in total. The summed E-state index contributed by atoms with van der Waals surface area (Å²) in [6, 6.07) is 4.35. The van der Waals surface area contributed by atoms with Crippen molar-refractivity contribution in [2.24, 2.45) is 0 Å². The largest absolute Gasteiger partial charge is 0.468 e. The molecule has 0 radical (unpaired) electrons. The summed E-state index contributed by atoms with van der Waals surface area (Å²) in [5.41, 5.74) is 0. The standard InChI is InChI=1S/C13H20N2O2/c1-3-15(11-6-7-11)13(16)9-14-10(2)12-5-4-8-17-12/h4-5,8,10-11,14H,3,6-7,9H2,1-2H3/t10-/m1/s1. The monoisotopic (exact) mass is 236 g/mol. The molecule has 0 unspecified atom stereocenters. The summed E-state index contributed by atoms with van der Waals surface area (Å²) >= 11 is 0. The van der Waals surface area contributed by atoms with E-state index in [1.54, 1.807) is 6.26 Å². The molecule has 1 amide bonds. The maximum atomic E-state index is 12.0. The van der Waals surface area contributed by atoms with Crippen LogP contribution in [0.4, 0.5) is 0 Å². The van der Waals surface area contributed by atoms with E-state index in [0.29, 0.717) is 12.6 Å². The minimum Gasteiger partial charge on any atom is -0.468 e. The molecular weight excluding hydrogens is 216 g/mol. The van der Waals surface area contributed by atoms with Gasteiger partial charge in [0.1, 0.15) is 5.76 Å². The molecule has 94 valence electrons. The molecule has 0 aliphatic heterocycles. The first-order valence-electron chi connectivity index (χ1n) is 6.28. The topological polar surface area (TPSA) is 45.5 Å². The molecule has 1 aliphatic carbocycles. The number of amides is 1. The molecule has 1 aliphatic rings. The lowest BCUT2D eigenvalue weighted by atomic mass is 10.2. The number of nitrogens with one attached hydrogen (secondary N) is 1. The van der Waals surface area contributed by atoms with E-state index in [1.807, 2.05) is 30.9 Å². The predicted octanol–water partition coefficient (Wildman–Crippen LogP) is 1.94. The summed E-state index contributed by atoms with van der Waals surface area (Å²) in [7, 11) is 0. The van der Waals surface area contributed by atoms with Crippen molar-refractivity contribution in [1.29, 1.82) is 0 Å². The first-order valence-corrected chi connectivity index (χ1v) is 6.28. The average Bonchev–Trinajstić information content (AvgIpc) is 3.00. The highest BCUT2D eigenvalue weighted by Gasteiger charge is 2.31. The lowest BCUT2D eigenvalue weighted by Crippen LogP contribution is -2.40. The number of hydrogen-bond donors (Lipinski definition) is 1. The summed E-state index contributed by atoms with van der Waals surface area (Å²) in [4.78, 5) is 13.9. The minimum absolute atomic E-state index is 0.0758. The molecule has 4 nitrogen and oxygen atoms in total. The molecule has 1 fully saturated rings. The maximum Gasteiger partial charge on any atom is 0.236 e. The SMILES string of the molecule is CCN(C(=O)CN[C@H](C)c1ccco1)C1CC1. The second-order valence-corrected chi connectivity index (χ2v) is 4.53. The van der Waals surface area contributed by atoms with E-state index < -0.39 is 0 Å². The van der Waals surface area contributed by atoms with Crippen LogP contribution in [0.1, 0.15) is 38.5 Å². The van der Waals surface area contributed by atoms with E-state index in [4.69, 9.17) is 4.42 Å². The van der Waals surface area contributed by atoms with Crippen molar-refractivity contribution in [2.75, 3.05) is 13.1 Å². The van der Waals surface area contributed by atoms with Gasteiger partial charge in [0.2, 0.25) is 5.91 Å². The molecule has 1 aromatic rings. The molecule has 0 spiro atoms. The van der Waals surface area contributed by atoms with Gasteiger partial charge in [0.05, 0.1) is 18.8 Å². The van der Waals surface area contributed by atoms with Gasteiger partial charge in [0.25, 0.3) is 0 Å². The Kier molecular flexibility index (Phi) is 3.84. The van der Waals surface area contributed by atoms with Crippen LogP contribution in [0.3, 0.4) is 0 Å². The number of rotatable bonds is 6. The predicted molar refractivity (Wildman–Crippen MR) is 65.5 cm³/mol. The number of furan rings is 1. The van der Waals surface area contributed by atoms with Gasteiger partial charge in [-0.2, -0.15) is 0 Å². The number of likely N-dealkylation sites (N-methyl/N-ethyl adjacent to an activating group) is 1. The van der Waals surface area contributed by atoms with Gasteiger partial charge in [0.15, 0.2) is 0 Å². The molecular formula is C13H20N2O2. The molecule has 1 aromatic heterocycles. The second kappa shape index (κ2) is 5.36. The third kappa shape index (κ3) is 3.09. The summed E-state index contributed by atoms with van der Waals surface area (Å²) < 4.78 is 5.29. The van der Waals surface area contributed by atoms with Crippen molar-refractivity contribution in [2.45, 2.75) is 38.8 Å². The Bertz CT molecular complexity index is 358. The van der Waals surface area contributed by atoms with E-state index in [0.717, 1.165) is 25.1 Å². The van der Waals surface area contributed by atoms with Crippen molar-refractivity contribution in [1.82, 2.24) is 10.2 Å². The van der Waals surface area contributed by atoms with Gasteiger partial charge < -0.3 is 9.32 Å².